The Morgan fingerprint density at radius 1 is 1.20 bits per heavy atom. The predicted molar refractivity (Wildman–Crippen MR) is 104 cm³/mol. The maximum Gasteiger partial charge on any atom is 0.211 e. The van der Waals surface area contributed by atoms with Crippen LogP contribution in [0.5, 0.6) is 0 Å². The van der Waals surface area contributed by atoms with Gasteiger partial charge in [0.15, 0.2) is 5.65 Å². The van der Waals surface area contributed by atoms with E-state index in [1.807, 2.05) is 28.3 Å². The molecule has 4 aromatic rings. The average Bonchev–Trinajstić information content (AvgIpc) is 3.27. The highest BCUT2D eigenvalue weighted by atomic mass is 32.1. The predicted octanol–water partition coefficient (Wildman–Crippen LogP) is 5.02. The third kappa shape index (κ3) is 2.34. The van der Waals surface area contributed by atoms with Crippen LogP contribution in [0.1, 0.15) is 42.0 Å². The Labute approximate surface area is 150 Å². The van der Waals surface area contributed by atoms with Gasteiger partial charge >= 0.3 is 0 Å². The topological polar surface area (TPSA) is 39.8 Å². The first kappa shape index (κ1) is 16.1. The normalized spacial score (nSPS) is 11.6. The molecule has 3 heterocycles. The molecule has 3 aromatic heterocycles. The van der Waals surface area contributed by atoms with Gasteiger partial charge in [0.25, 0.3) is 0 Å². The number of carbonyl (C=O) groups excluding carboxylic acids is 1. The van der Waals surface area contributed by atoms with Gasteiger partial charge in [0.2, 0.25) is 5.78 Å². The summed E-state index contributed by atoms with van der Waals surface area (Å²) < 4.78 is 5.36. The Kier molecular flexibility index (Phi) is 3.96. The quantitative estimate of drug-likeness (QED) is 0.474. The van der Waals surface area contributed by atoms with Gasteiger partial charge in [-0.3, -0.25) is 4.79 Å². The zero-order chi connectivity index (χ0) is 17.6. The van der Waals surface area contributed by atoms with Gasteiger partial charge in [0.05, 0.1) is 21.5 Å². The molecule has 0 N–H and O–H groups in total. The number of carbonyl (C=O) groups is 1. The zero-order valence-corrected chi connectivity index (χ0v) is 15.6. The SMILES string of the molecule is CCCn1c(C)c(C(=O)c2cc3scnc3n2CC)c2ccccc21. The summed E-state index contributed by atoms with van der Waals surface area (Å²) in [6.07, 6.45) is 1.04. The molecule has 0 saturated heterocycles. The van der Waals surface area contributed by atoms with Crippen LogP contribution >= 0.6 is 11.3 Å². The van der Waals surface area contributed by atoms with Crippen LogP contribution in [-0.2, 0) is 13.1 Å². The van der Waals surface area contributed by atoms with Crippen molar-refractivity contribution in [3.8, 4) is 0 Å². The van der Waals surface area contributed by atoms with E-state index in [2.05, 4.69) is 42.5 Å². The van der Waals surface area contributed by atoms with E-state index < -0.39 is 0 Å². The molecule has 25 heavy (non-hydrogen) atoms. The van der Waals surface area contributed by atoms with Crippen molar-refractivity contribution >= 4 is 38.4 Å². The molecular weight excluding hydrogens is 330 g/mol. The summed E-state index contributed by atoms with van der Waals surface area (Å²) in [5.74, 6) is 0.0932. The van der Waals surface area contributed by atoms with Crippen LogP contribution in [0.3, 0.4) is 0 Å². The number of fused-ring (bicyclic) bond motifs is 2. The van der Waals surface area contributed by atoms with Crippen molar-refractivity contribution in [1.82, 2.24) is 14.1 Å². The molecule has 0 spiro atoms. The Morgan fingerprint density at radius 3 is 2.76 bits per heavy atom. The Balaban J connectivity index is 1.96. The largest absolute Gasteiger partial charge is 0.344 e. The van der Waals surface area contributed by atoms with Gasteiger partial charge in [-0.25, -0.2) is 4.98 Å². The molecule has 4 nitrogen and oxygen atoms in total. The lowest BCUT2D eigenvalue weighted by Crippen LogP contribution is -2.11. The lowest BCUT2D eigenvalue weighted by molar-refractivity contribution is 0.103. The molecule has 0 saturated carbocycles. The van der Waals surface area contributed by atoms with Gasteiger partial charge < -0.3 is 9.13 Å². The monoisotopic (exact) mass is 351 g/mol. The van der Waals surface area contributed by atoms with Gasteiger partial charge in [0, 0.05) is 29.7 Å². The standard InChI is InChI=1S/C20H21N3OS/c1-4-10-23-13(3)18(14-8-6-7-9-15(14)23)19(24)16-11-17-20(21-12-25-17)22(16)5-2/h6-9,11-12H,4-5,10H2,1-3H3. The lowest BCUT2D eigenvalue weighted by Gasteiger charge is -2.08. The zero-order valence-electron chi connectivity index (χ0n) is 14.7. The van der Waals surface area contributed by atoms with Crippen molar-refractivity contribution in [2.24, 2.45) is 0 Å². The second kappa shape index (κ2) is 6.15. The lowest BCUT2D eigenvalue weighted by atomic mass is 10.0. The number of para-hydroxylation sites is 1. The highest BCUT2D eigenvalue weighted by molar-refractivity contribution is 7.16. The number of nitrogens with zero attached hydrogens (tertiary/aromatic N) is 3. The smallest absolute Gasteiger partial charge is 0.211 e. The summed E-state index contributed by atoms with van der Waals surface area (Å²) in [7, 11) is 0. The fourth-order valence-corrected chi connectivity index (χ4v) is 4.45. The maximum atomic E-state index is 13.5. The molecule has 0 aliphatic rings. The average molecular weight is 351 g/mol. The van der Waals surface area contributed by atoms with E-state index in [1.165, 1.54) is 0 Å². The first-order valence-corrected chi connectivity index (χ1v) is 9.60. The van der Waals surface area contributed by atoms with Crippen molar-refractivity contribution in [3.63, 3.8) is 0 Å². The summed E-state index contributed by atoms with van der Waals surface area (Å²) in [4.78, 5) is 17.9. The fourth-order valence-electron chi connectivity index (χ4n) is 3.73. The number of benzene rings is 1. The van der Waals surface area contributed by atoms with E-state index in [0.29, 0.717) is 0 Å². The molecule has 0 fully saturated rings. The summed E-state index contributed by atoms with van der Waals surface area (Å²) in [5.41, 5.74) is 6.49. The Bertz CT molecular complexity index is 1080. The second-order valence-corrected chi connectivity index (χ2v) is 7.16. The van der Waals surface area contributed by atoms with Gasteiger partial charge in [-0.05, 0) is 32.4 Å². The summed E-state index contributed by atoms with van der Waals surface area (Å²) >= 11 is 1.58. The molecule has 0 bridgehead atoms. The van der Waals surface area contributed by atoms with Crippen molar-refractivity contribution < 1.29 is 4.79 Å². The van der Waals surface area contributed by atoms with Crippen molar-refractivity contribution in [3.05, 3.63) is 52.8 Å². The van der Waals surface area contributed by atoms with Crippen molar-refractivity contribution in [2.45, 2.75) is 40.3 Å². The van der Waals surface area contributed by atoms with E-state index in [1.54, 1.807) is 11.3 Å². The van der Waals surface area contributed by atoms with E-state index in [-0.39, 0.29) is 5.78 Å². The third-order valence-electron chi connectivity index (χ3n) is 4.84. The first-order valence-electron chi connectivity index (χ1n) is 8.72. The number of aromatic nitrogens is 3. The van der Waals surface area contributed by atoms with Crippen LogP contribution in [-0.4, -0.2) is 19.9 Å². The van der Waals surface area contributed by atoms with Crippen molar-refractivity contribution in [2.75, 3.05) is 0 Å². The maximum absolute atomic E-state index is 13.5. The van der Waals surface area contributed by atoms with Crippen LogP contribution in [0.4, 0.5) is 0 Å². The third-order valence-corrected chi connectivity index (χ3v) is 5.61. The molecular formula is C20H21N3OS. The molecule has 4 rings (SSSR count). The summed E-state index contributed by atoms with van der Waals surface area (Å²) in [6, 6.07) is 10.2. The molecule has 128 valence electrons. The molecule has 0 amide bonds. The number of aryl methyl sites for hydroxylation is 2. The Morgan fingerprint density at radius 2 is 2.00 bits per heavy atom. The molecule has 0 aliphatic heterocycles. The number of rotatable bonds is 5. The van der Waals surface area contributed by atoms with Gasteiger partial charge in [-0.15, -0.1) is 11.3 Å². The van der Waals surface area contributed by atoms with Crippen LogP contribution < -0.4 is 0 Å². The number of thiazole rings is 1. The van der Waals surface area contributed by atoms with Crippen LogP contribution in [0, 0.1) is 6.92 Å². The van der Waals surface area contributed by atoms with E-state index in [0.717, 1.165) is 57.7 Å². The second-order valence-electron chi connectivity index (χ2n) is 6.27. The molecule has 5 heteroatoms. The molecule has 0 unspecified atom stereocenters. The first-order chi connectivity index (χ1) is 12.2. The minimum atomic E-state index is 0.0932. The Hall–Kier alpha value is -2.40. The highest BCUT2D eigenvalue weighted by Gasteiger charge is 2.24. The van der Waals surface area contributed by atoms with Gasteiger partial charge in [0.1, 0.15) is 0 Å². The van der Waals surface area contributed by atoms with Crippen molar-refractivity contribution in [1.29, 1.82) is 0 Å². The van der Waals surface area contributed by atoms with Gasteiger partial charge in [-0.1, -0.05) is 25.1 Å². The fraction of sp³-hybridized carbons (Fsp3) is 0.300. The number of hydrogen-bond donors (Lipinski definition) is 0. The van der Waals surface area contributed by atoms with E-state index in [9.17, 15) is 4.79 Å². The molecule has 0 aliphatic carbocycles. The van der Waals surface area contributed by atoms with Crippen LogP contribution in [0.25, 0.3) is 21.3 Å². The van der Waals surface area contributed by atoms with E-state index in [4.69, 9.17) is 0 Å². The highest BCUT2D eigenvalue weighted by Crippen LogP contribution is 2.31. The molecule has 1 aromatic carbocycles. The minimum absolute atomic E-state index is 0.0932. The minimum Gasteiger partial charge on any atom is -0.344 e. The number of hydrogen-bond acceptors (Lipinski definition) is 3. The molecule has 0 atom stereocenters. The van der Waals surface area contributed by atoms with Gasteiger partial charge in [-0.2, -0.15) is 0 Å². The number of ketones is 1. The molecule has 0 radical (unpaired) electrons. The van der Waals surface area contributed by atoms with Crippen LogP contribution in [0.2, 0.25) is 0 Å². The van der Waals surface area contributed by atoms with Crippen LogP contribution in [0.15, 0.2) is 35.8 Å². The summed E-state index contributed by atoms with van der Waals surface area (Å²) in [5, 5.41) is 1.04. The van der Waals surface area contributed by atoms with E-state index >= 15 is 0 Å². The summed E-state index contributed by atoms with van der Waals surface area (Å²) in [6.45, 7) is 7.94.